The van der Waals surface area contributed by atoms with Crippen molar-refractivity contribution in [1.29, 1.82) is 0 Å². The van der Waals surface area contributed by atoms with Gasteiger partial charge in [0.15, 0.2) is 0 Å². The molecule has 0 saturated heterocycles. The lowest BCUT2D eigenvalue weighted by Gasteiger charge is -2.12. The van der Waals surface area contributed by atoms with E-state index in [2.05, 4.69) is 20.8 Å². The topological polar surface area (TPSA) is 75.6 Å². The highest BCUT2D eigenvalue weighted by molar-refractivity contribution is 5.97. The Bertz CT molecular complexity index is 431. The van der Waals surface area contributed by atoms with Gasteiger partial charge in [-0.15, -0.1) is 0 Å². The number of anilines is 1. The van der Waals surface area contributed by atoms with Crippen LogP contribution in [0.5, 0.6) is 0 Å². The van der Waals surface area contributed by atoms with E-state index in [0.29, 0.717) is 18.8 Å². The van der Waals surface area contributed by atoms with Gasteiger partial charge in [-0.05, 0) is 13.0 Å². The first-order valence-corrected chi connectivity index (χ1v) is 4.97. The highest BCUT2D eigenvalue weighted by atomic mass is 16.6. The number of aliphatic imine (C=N–C) groups is 1. The van der Waals surface area contributed by atoms with Crippen LogP contribution in [0.25, 0.3) is 0 Å². The van der Waals surface area contributed by atoms with Crippen LogP contribution in [-0.2, 0) is 4.84 Å². The molecule has 1 aromatic rings. The summed E-state index contributed by atoms with van der Waals surface area (Å²) < 4.78 is 0. The number of rotatable bonds is 3. The summed E-state index contributed by atoms with van der Waals surface area (Å²) in [5.41, 5.74) is 3.56. The summed E-state index contributed by atoms with van der Waals surface area (Å²) in [7, 11) is 0. The van der Waals surface area contributed by atoms with Crippen molar-refractivity contribution >= 4 is 17.9 Å². The summed E-state index contributed by atoms with van der Waals surface area (Å²) in [4.78, 5) is 24.5. The van der Waals surface area contributed by atoms with Gasteiger partial charge in [0.25, 0.3) is 5.91 Å². The van der Waals surface area contributed by atoms with Crippen LogP contribution in [0.4, 0.5) is 5.82 Å². The molecule has 0 unspecified atom stereocenters. The van der Waals surface area contributed by atoms with Crippen LogP contribution in [0.2, 0.25) is 0 Å². The van der Waals surface area contributed by atoms with Gasteiger partial charge in [0.1, 0.15) is 12.5 Å². The predicted octanol–water partition coefficient (Wildman–Crippen LogP) is 0.565. The second-order valence-electron chi connectivity index (χ2n) is 3.17. The number of nitrogens with one attached hydrogen (secondary N) is 2. The maximum absolute atomic E-state index is 11.5. The van der Waals surface area contributed by atoms with Gasteiger partial charge in [-0.1, -0.05) is 0 Å². The minimum absolute atomic E-state index is 0.309. The summed E-state index contributed by atoms with van der Waals surface area (Å²) in [6.45, 7) is 2.74. The van der Waals surface area contributed by atoms with Crippen molar-refractivity contribution < 1.29 is 9.63 Å². The van der Waals surface area contributed by atoms with E-state index in [0.717, 1.165) is 11.4 Å². The number of carbonyl (C=O) groups excluding carboxylic acids is 1. The summed E-state index contributed by atoms with van der Waals surface area (Å²) >= 11 is 0. The van der Waals surface area contributed by atoms with Gasteiger partial charge in [0.05, 0.1) is 12.2 Å². The predicted molar refractivity (Wildman–Crippen MR) is 59.4 cm³/mol. The Kier molecular flexibility index (Phi) is 3.11. The molecule has 2 heterocycles. The van der Waals surface area contributed by atoms with Crippen molar-refractivity contribution in [1.82, 2.24) is 10.5 Å². The molecule has 2 rings (SSSR count). The largest absolute Gasteiger partial charge is 0.350 e. The maximum Gasteiger partial charge on any atom is 0.276 e. The van der Waals surface area contributed by atoms with Crippen LogP contribution >= 0.6 is 0 Å². The lowest BCUT2D eigenvalue weighted by Crippen LogP contribution is -2.24. The molecule has 0 bridgehead atoms. The average Bonchev–Trinajstić information content (AvgIpc) is 2.35. The summed E-state index contributed by atoms with van der Waals surface area (Å²) in [6.07, 6.45) is 3.19. The number of hydrogen-bond acceptors (Lipinski definition) is 5. The third kappa shape index (κ3) is 2.17. The standard InChI is InChI=1S/C10H12N4O2/c1-2-16-14-10(15)8-3-7-4-11-6-13-9(7)12-5-8/h3-5H,2,6H2,1H3,(H,12,13)(H,14,15). The Balaban J connectivity index is 2.18. The molecule has 6 heteroatoms. The molecule has 0 saturated carbocycles. The van der Waals surface area contributed by atoms with Gasteiger partial charge in [0.2, 0.25) is 0 Å². The molecular formula is C10H12N4O2. The van der Waals surface area contributed by atoms with Crippen molar-refractivity contribution in [3.8, 4) is 0 Å². The third-order valence-electron chi connectivity index (χ3n) is 2.06. The number of fused-ring (bicyclic) bond motifs is 1. The van der Waals surface area contributed by atoms with Gasteiger partial charge < -0.3 is 5.32 Å². The number of pyridine rings is 1. The Morgan fingerprint density at radius 3 is 3.38 bits per heavy atom. The molecule has 0 aromatic carbocycles. The molecule has 1 aliphatic rings. The summed E-state index contributed by atoms with van der Waals surface area (Å²) in [5, 5.41) is 3.00. The first kappa shape index (κ1) is 10.6. The van der Waals surface area contributed by atoms with Gasteiger partial charge in [-0.25, -0.2) is 10.5 Å². The monoisotopic (exact) mass is 220 g/mol. The Morgan fingerprint density at radius 2 is 2.56 bits per heavy atom. The van der Waals surface area contributed by atoms with Crippen LogP contribution in [0.3, 0.4) is 0 Å². The zero-order chi connectivity index (χ0) is 11.4. The first-order valence-electron chi connectivity index (χ1n) is 4.97. The quantitative estimate of drug-likeness (QED) is 0.730. The summed E-state index contributed by atoms with van der Waals surface area (Å²) in [5.74, 6) is 0.430. The fourth-order valence-corrected chi connectivity index (χ4v) is 1.31. The van der Waals surface area contributed by atoms with Gasteiger partial charge in [0, 0.05) is 18.0 Å². The van der Waals surface area contributed by atoms with E-state index >= 15 is 0 Å². The highest BCUT2D eigenvalue weighted by Gasteiger charge is 2.11. The number of hydroxylamine groups is 1. The van der Waals surface area contributed by atoms with Crippen molar-refractivity contribution in [2.24, 2.45) is 4.99 Å². The SMILES string of the molecule is CCONC(=O)c1cnc2c(c1)C=NCN2. The fraction of sp³-hybridized carbons (Fsp3) is 0.300. The molecule has 0 radical (unpaired) electrons. The van der Waals surface area contributed by atoms with E-state index in [1.165, 1.54) is 6.20 Å². The molecule has 1 aliphatic heterocycles. The molecule has 16 heavy (non-hydrogen) atoms. The summed E-state index contributed by atoms with van der Waals surface area (Å²) in [6, 6.07) is 1.71. The van der Waals surface area contributed by atoms with E-state index in [1.54, 1.807) is 19.2 Å². The zero-order valence-electron chi connectivity index (χ0n) is 8.86. The van der Waals surface area contributed by atoms with E-state index in [4.69, 9.17) is 4.84 Å². The second-order valence-corrected chi connectivity index (χ2v) is 3.17. The fourth-order valence-electron chi connectivity index (χ4n) is 1.31. The van der Waals surface area contributed by atoms with Crippen molar-refractivity contribution in [3.63, 3.8) is 0 Å². The number of carbonyl (C=O) groups is 1. The van der Waals surface area contributed by atoms with E-state index < -0.39 is 0 Å². The third-order valence-corrected chi connectivity index (χ3v) is 2.06. The zero-order valence-corrected chi connectivity index (χ0v) is 8.86. The van der Waals surface area contributed by atoms with Gasteiger partial charge >= 0.3 is 0 Å². The van der Waals surface area contributed by atoms with Gasteiger partial charge in [-0.2, -0.15) is 0 Å². The molecule has 0 atom stereocenters. The normalized spacial score (nSPS) is 12.8. The van der Waals surface area contributed by atoms with Gasteiger partial charge in [-0.3, -0.25) is 14.6 Å². The Hall–Kier alpha value is -1.95. The smallest absolute Gasteiger partial charge is 0.276 e. The van der Waals surface area contributed by atoms with Crippen LogP contribution in [0, 0.1) is 0 Å². The van der Waals surface area contributed by atoms with Crippen LogP contribution < -0.4 is 10.8 Å². The lowest BCUT2D eigenvalue weighted by atomic mass is 10.2. The molecule has 0 spiro atoms. The van der Waals surface area contributed by atoms with Crippen LogP contribution in [0.1, 0.15) is 22.8 Å². The lowest BCUT2D eigenvalue weighted by molar-refractivity contribution is 0.0364. The van der Waals surface area contributed by atoms with E-state index in [9.17, 15) is 4.79 Å². The molecule has 0 fully saturated rings. The molecule has 1 amide bonds. The number of hydrogen-bond donors (Lipinski definition) is 2. The highest BCUT2D eigenvalue weighted by Crippen LogP contribution is 2.14. The minimum atomic E-state index is -0.309. The number of aromatic nitrogens is 1. The van der Waals surface area contributed by atoms with Crippen LogP contribution in [-0.4, -0.2) is 30.4 Å². The molecular weight excluding hydrogens is 208 g/mol. The second kappa shape index (κ2) is 4.71. The molecule has 2 N–H and O–H groups in total. The Labute approximate surface area is 92.7 Å². The van der Waals surface area contributed by atoms with Crippen molar-refractivity contribution in [3.05, 3.63) is 23.4 Å². The molecule has 0 aliphatic carbocycles. The Morgan fingerprint density at radius 1 is 1.69 bits per heavy atom. The maximum atomic E-state index is 11.5. The van der Waals surface area contributed by atoms with Crippen molar-refractivity contribution in [2.45, 2.75) is 6.92 Å². The average molecular weight is 220 g/mol. The molecule has 1 aromatic heterocycles. The van der Waals surface area contributed by atoms with Crippen LogP contribution in [0.15, 0.2) is 17.3 Å². The van der Waals surface area contributed by atoms with E-state index in [1.807, 2.05) is 0 Å². The van der Waals surface area contributed by atoms with Crippen molar-refractivity contribution in [2.75, 3.05) is 18.6 Å². The first-order chi connectivity index (χ1) is 7.81. The van der Waals surface area contributed by atoms with E-state index in [-0.39, 0.29) is 5.91 Å². The number of nitrogens with zero attached hydrogens (tertiary/aromatic N) is 2. The molecule has 84 valence electrons. The number of amides is 1. The molecule has 6 nitrogen and oxygen atoms in total. The minimum Gasteiger partial charge on any atom is -0.350 e.